The summed E-state index contributed by atoms with van der Waals surface area (Å²) in [6.07, 6.45) is 1.46. The van der Waals surface area contributed by atoms with Gasteiger partial charge in [0.05, 0.1) is 29.5 Å². The normalized spacial score (nSPS) is 10.7. The summed E-state index contributed by atoms with van der Waals surface area (Å²) in [5.74, 6) is -0.472. The molecule has 0 atom stereocenters. The first-order valence-corrected chi connectivity index (χ1v) is 10.0. The predicted octanol–water partition coefficient (Wildman–Crippen LogP) is 5.04. The molecule has 0 aliphatic rings. The third-order valence-electron chi connectivity index (χ3n) is 4.34. The van der Waals surface area contributed by atoms with Gasteiger partial charge >= 0.3 is 5.97 Å². The molecule has 3 aromatic carbocycles. The highest BCUT2D eigenvalue weighted by atomic mass is 35.5. The van der Waals surface area contributed by atoms with Gasteiger partial charge in [-0.2, -0.15) is 5.10 Å². The summed E-state index contributed by atoms with van der Waals surface area (Å²) in [5, 5.41) is 13.6. The van der Waals surface area contributed by atoms with Crippen LogP contribution in [0.5, 0.6) is 11.5 Å². The van der Waals surface area contributed by atoms with Crippen LogP contribution in [0.3, 0.4) is 0 Å². The molecule has 3 rings (SSSR count). The molecule has 0 bridgehead atoms. The molecule has 0 aromatic heterocycles. The highest BCUT2D eigenvalue weighted by Crippen LogP contribution is 2.28. The number of aromatic carboxylic acids is 1. The van der Waals surface area contributed by atoms with E-state index in [0.717, 1.165) is 5.56 Å². The summed E-state index contributed by atoms with van der Waals surface area (Å²) in [5.41, 5.74) is 4.35. The zero-order chi connectivity index (χ0) is 23.1. The van der Waals surface area contributed by atoms with Crippen LogP contribution in [0.1, 0.15) is 31.8 Å². The maximum atomic E-state index is 12.2. The highest BCUT2D eigenvalue weighted by Gasteiger charge is 2.10. The van der Waals surface area contributed by atoms with Crippen LogP contribution in [-0.2, 0) is 6.61 Å². The van der Waals surface area contributed by atoms with Gasteiger partial charge in [0, 0.05) is 5.02 Å². The quantitative estimate of drug-likeness (QED) is 0.353. The fraction of sp³-hybridized carbons (Fsp3) is 0.0870. The summed E-state index contributed by atoms with van der Waals surface area (Å²) >= 11 is 11.9. The number of methoxy groups -OCH3 is 1. The molecule has 0 radical (unpaired) electrons. The lowest BCUT2D eigenvalue weighted by Gasteiger charge is -2.11. The van der Waals surface area contributed by atoms with Crippen molar-refractivity contribution in [3.63, 3.8) is 0 Å². The molecule has 0 aliphatic carbocycles. The second-order valence-electron chi connectivity index (χ2n) is 6.52. The number of halogens is 2. The van der Waals surface area contributed by atoms with Crippen LogP contribution in [0.2, 0.25) is 10.0 Å². The molecule has 3 aromatic rings. The maximum Gasteiger partial charge on any atom is 0.335 e. The molecule has 9 heteroatoms. The van der Waals surface area contributed by atoms with Crippen molar-refractivity contribution in [3.8, 4) is 11.5 Å². The average molecular weight is 473 g/mol. The van der Waals surface area contributed by atoms with Crippen LogP contribution in [0.25, 0.3) is 0 Å². The minimum Gasteiger partial charge on any atom is -0.493 e. The average Bonchev–Trinajstić information content (AvgIpc) is 2.78. The molecule has 0 saturated heterocycles. The van der Waals surface area contributed by atoms with E-state index in [-0.39, 0.29) is 22.8 Å². The third kappa shape index (κ3) is 6.00. The second kappa shape index (κ2) is 10.7. The van der Waals surface area contributed by atoms with Crippen molar-refractivity contribution < 1.29 is 24.2 Å². The number of amides is 1. The fourth-order valence-corrected chi connectivity index (χ4v) is 3.18. The van der Waals surface area contributed by atoms with Crippen LogP contribution < -0.4 is 14.9 Å². The Kier molecular flexibility index (Phi) is 7.70. The first kappa shape index (κ1) is 23.1. The molecule has 0 heterocycles. The van der Waals surface area contributed by atoms with E-state index in [1.807, 2.05) is 0 Å². The standard InChI is InChI=1S/C23H18Cl2N2O5/c1-31-21-10-15(12-26-27-22(28)18-8-7-17(24)11-19(18)25)4-9-20(21)32-13-14-2-5-16(6-3-14)23(29)30/h2-12H,13H2,1H3,(H,27,28)(H,29,30)/b26-12-. The van der Waals surface area contributed by atoms with E-state index in [9.17, 15) is 9.59 Å². The van der Waals surface area contributed by atoms with Gasteiger partial charge in [-0.25, -0.2) is 10.2 Å². The molecule has 2 N–H and O–H groups in total. The van der Waals surface area contributed by atoms with Gasteiger partial charge in [-0.15, -0.1) is 0 Å². The van der Waals surface area contributed by atoms with E-state index in [1.54, 1.807) is 36.4 Å². The number of nitrogens with zero attached hydrogens (tertiary/aromatic N) is 1. The number of carboxylic acid groups (broad SMARTS) is 1. The Balaban J connectivity index is 1.62. The first-order chi connectivity index (χ1) is 15.4. The Morgan fingerprint density at radius 2 is 1.78 bits per heavy atom. The van der Waals surface area contributed by atoms with E-state index in [1.165, 1.54) is 37.6 Å². The van der Waals surface area contributed by atoms with E-state index >= 15 is 0 Å². The zero-order valence-electron chi connectivity index (χ0n) is 16.8. The van der Waals surface area contributed by atoms with Crippen molar-refractivity contribution in [2.75, 3.05) is 7.11 Å². The lowest BCUT2D eigenvalue weighted by atomic mass is 10.1. The molecular weight excluding hydrogens is 455 g/mol. The van der Waals surface area contributed by atoms with E-state index < -0.39 is 11.9 Å². The number of carbonyl (C=O) groups is 2. The monoisotopic (exact) mass is 472 g/mol. The van der Waals surface area contributed by atoms with Gasteiger partial charge < -0.3 is 14.6 Å². The summed E-state index contributed by atoms with van der Waals surface area (Å²) in [7, 11) is 1.51. The molecular formula is C23H18Cl2N2O5. The van der Waals surface area contributed by atoms with Gasteiger partial charge in [0.15, 0.2) is 11.5 Å². The van der Waals surface area contributed by atoms with Crippen LogP contribution >= 0.6 is 23.2 Å². The highest BCUT2D eigenvalue weighted by molar-refractivity contribution is 6.36. The minimum absolute atomic E-state index is 0.209. The van der Waals surface area contributed by atoms with Crippen molar-refractivity contribution in [1.29, 1.82) is 0 Å². The number of ether oxygens (including phenoxy) is 2. The number of benzene rings is 3. The fourth-order valence-electron chi connectivity index (χ4n) is 2.69. The Labute approximate surface area is 194 Å². The number of hydrogen-bond donors (Lipinski definition) is 2. The SMILES string of the molecule is COc1cc(/C=N\NC(=O)c2ccc(Cl)cc2Cl)ccc1OCc1ccc(C(=O)O)cc1. The smallest absolute Gasteiger partial charge is 0.335 e. The number of rotatable bonds is 8. The summed E-state index contributed by atoms with van der Waals surface area (Å²) in [6.45, 7) is 0.238. The maximum absolute atomic E-state index is 12.2. The van der Waals surface area contributed by atoms with Gasteiger partial charge in [-0.3, -0.25) is 4.79 Å². The molecule has 0 saturated carbocycles. The van der Waals surface area contributed by atoms with Crippen molar-refractivity contribution in [3.05, 3.63) is 93.0 Å². The van der Waals surface area contributed by atoms with Gasteiger partial charge in [-0.05, 0) is 59.7 Å². The molecule has 1 amide bonds. The Bertz CT molecular complexity index is 1160. The Morgan fingerprint density at radius 1 is 1.03 bits per heavy atom. The van der Waals surface area contributed by atoms with Crippen molar-refractivity contribution in [1.82, 2.24) is 5.43 Å². The third-order valence-corrected chi connectivity index (χ3v) is 4.89. The molecule has 0 fully saturated rings. The van der Waals surface area contributed by atoms with Crippen molar-refractivity contribution in [2.45, 2.75) is 6.61 Å². The molecule has 32 heavy (non-hydrogen) atoms. The number of carboxylic acids is 1. The summed E-state index contributed by atoms with van der Waals surface area (Å²) in [4.78, 5) is 23.1. The van der Waals surface area contributed by atoms with E-state index in [2.05, 4.69) is 10.5 Å². The van der Waals surface area contributed by atoms with Crippen LogP contribution in [0, 0.1) is 0 Å². The van der Waals surface area contributed by atoms with Crippen molar-refractivity contribution in [2.24, 2.45) is 5.10 Å². The number of carbonyl (C=O) groups excluding carboxylic acids is 1. The van der Waals surface area contributed by atoms with Gasteiger partial charge in [0.25, 0.3) is 5.91 Å². The molecule has 164 valence electrons. The van der Waals surface area contributed by atoms with Gasteiger partial charge in [0.1, 0.15) is 6.61 Å². The number of hydrazone groups is 1. The van der Waals surface area contributed by atoms with Gasteiger partial charge in [0.2, 0.25) is 0 Å². The minimum atomic E-state index is -0.983. The molecule has 7 nitrogen and oxygen atoms in total. The molecule has 0 unspecified atom stereocenters. The number of hydrogen-bond acceptors (Lipinski definition) is 5. The molecule has 0 spiro atoms. The number of nitrogens with one attached hydrogen (secondary N) is 1. The van der Waals surface area contributed by atoms with E-state index in [0.29, 0.717) is 22.1 Å². The van der Waals surface area contributed by atoms with Gasteiger partial charge in [-0.1, -0.05) is 35.3 Å². The summed E-state index contributed by atoms with van der Waals surface area (Å²) in [6, 6.07) is 16.1. The predicted molar refractivity (Wildman–Crippen MR) is 122 cm³/mol. The lowest BCUT2D eigenvalue weighted by molar-refractivity contribution is 0.0696. The van der Waals surface area contributed by atoms with E-state index in [4.69, 9.17) is 37.8 Å². The lowest BCUT2D eigenvalue weighted by Crippen LogP contribution is -2.18. The molecule has 0 aliphatic heterocycles. The van der Waals surface area contributed by atoms with Crippen LogP contribution in [0.4, 0.5) is 0 Å². The Morgan fingerprint density at radius 3 is 2.44 bits per heavy atom. The summed E-state index contributed by atoms with van der Waals surface area (Å²) < 4.78 is 11.1. The first-order valence-electron chi connectivity index (χ1n) is 9.29. The Hall–Kier alpha value is -3.55. The zero-order valence-corrected chi connectivity index (χ0v) is 18.4. The topological polar surface area (TPSA) is 97.2 Å². The van der Waals surface area contributed by atoms with Crippen LogP contribution in [0.15, 0.2) is 65.8 Å². The second-order valence-corrected chi connectivity index (χ2v) is 7.37. The van der Waals surface area contributed by atoms with Crippen LogP contribution in [-0.4, -0.2) is 30.3 Å². The largest absolute Gasteiger partial charge is 0.493 e. The van der Waals surface area contributed by atoms with Crippen molar-refractivity contribution >= 4 is 41.3 Å².